The summed E-state index contributed by atoms with van der Waals surface area (Å²) in [6.45, 7) is 0.291. The summed E-state index contributed by atoms with van der Waals surface area (Å²) < 4.78 is 14.6. The minimum absolute atomic E-state index is 0.0144. The van der Waals surface area contributed by atoms with Crippen LogP contribution in [0.4, 0.5) is 4.39 Å². The zero-order valence-corrected chi connectivity index (χ0v) is 10.3. The van der Waals surface area contributed by atoms with Crippen LogP contribution in [0.5, 0.6) is 0 Å². The minimum atomic E-state index is -0.606. The van der Waals surface area contributed by atoms with E-state index in [0.29, 0.717) is 6.54 Å². The third-order valence-electron chi connectivity index (χ3n) is 2.26. The first-order valence-corrected chi connectivity index (χ1v) is 5.51. The van der Waals surface area contributed by atoms with Gasteiger partial charge < -0.3 is 5.32 Å². The second-order valence-electron chi connectivity index (χ2n) is 3.70. The van der Waals surface area contributed by atoms with Crippen molar-refractivity contribution in [1.82, 2.24) is 20.1 Å². The Morgan fingerprint density at radius 2 is 2.33 bits per heavy atom. The number of halogens is 2. The van der Waals surface area contributed by atoms with Gasteiger partial charge in [-0.1, -0.05) is 11.6 Å². The Kier molecular flexibility index (Phi) is 3.57. The largest absolute Gasteiger partial charge is 0.348 e. The predicted molar refractivity (Wildman–Crippen MR) is 63.6 cm³/mol. The van der Waals surface area contributed by atoms with Crippen LogP contribution in [0.15, 0.2) is 24.7 Å². The number of carbonyl (C=O) groups excluding carboxylic acids is 1. The SMILES string of the molecule is Cn1cc(CNC(=O)c2cc(F)cnc2Cl)cn1. The fraction of sp³-hybridized carbons (Fsp3) is 0.182. The lowest BCUT2D eigenvalue weighted by Crippen LogP contribution is -2.23. The molecule has 1 N–H and O–H groups in total. The number of hydrogen-bond donors (Lipinski definition) is 1. The van der Waals surface area contributed by atoms with Crippen LogP contribution in [-0.4, -0.2) is 20.7 Å². The molecule has 0 spiro atoms. The lowest BCUT2D eigenvalue weighted by Gasteiger charge is -2.04. The Balaban J connectivity index is 2.05. The van der Waals surface area contributed by atoms with E-state index in [1.165, 1.54) is 0 Å². The van der Waals surface area contributed by atoms with Gasteiger partial charge in [-0.3, -0.25) is 9.48 Å². The summed E-state index contributed by atoms with van der Waals surface area (Å²) in [5.41, 5.74) is 0.854. The maximum absolute atomic E-state index is 13.0. The standard InChI is InChI=1S/C11H10ClFN4O/c1-17-6-7(4-16-17)3-15-11(18)9-2-8(13)5-14-10(9)12/h2,4-6H,3H2,1H3,(H,15,18). The molecule has 18 heavy (non-hydrogen) atoms. The summed E-state index contributed by atoms with van der Waals surface area (Å²) >= 11 is 5.72. The van der Waals surface area contributed by atoms with Crippen molar-refractivity contribution >= 4 is 17.5 Å². The average molecular weight is 269 g/mol. The van der Waals surface area contributed by atoms with E-state index in [0.717, 1.165) is 17.8 Å². The molecule has 2 aromatic heterocycles. The first-order valence-electron chi connectivity index (χ1n) is 5.13. The number of nitrogens with zero attached hydrogens (tertiary/aromatic N) is 3. The van der Waals surface area contributed by atoms with E-state index in [-0.39, 0.29) is 10.7 Å². The number of nitrogens with one attached hydrogen (secondary N) is 1. The molecule has 0 bridgehead atoms. The number of amides is 1. The van der Waals surface area contributed by atoms with Gasteiger partial charge in [-0.15, -0.1) is 0 Å². The van der Waals surface area contributed by atoms with E-state index in [1.807, 2.05) is 0 Å². The van der Waals surface area contributed by atoms with Crippen molar-refractivity contribution in [2.45, 2.75) is 6.54 Å². The Morgan fingerprint density at radius 3 is 3.00 bits per heavy atom. The monoisotopic (exact) mass is 268 g/mol. The Bertz CT molecular complexity index is 584. The van der Waals surface area contributed by atoms with Crippen LogP contribution >= 0.6 is 11.6 Å². The van der Waals surface area contributed by atoms with Crippen molar-refractivity contribution in [3.05, 3.63) is 46.8 Å². The van der Waals surface area contributed by atoms with Crippen LogP contribution in [0.2, 0.25) is 5.15 Å². The van der Waals surface area contributed by atoms with E-state index in [4.69, 9.17) is 11.6 Å². The summed E-state index contributed by atoms with van der Waals surface area (Å²) in [5.74, 6) is -1.08. The lowest BCUT2D eigenvalue weighted by molar-refractivity contribution is 0.0950. The van der Waals surface area contributed by atoms with Gasteiger partial charge >= 0.3 is 0 Å². The van der Waals surface area contributed by atoms with Gasteiger partial charge in [-0.05, 0) is 6.07 Å². The first-order chi connectivity index (χ1) is 8.56. The summed E-state index contributed by atoms with van der Waals surface area (Å²) in [4.78, 5) is 15.3. The molecule has 0 fully saturated rings. The van der Waals surface area contributed by atoms with Crippen LogP contribution in [-0.2, 0) is 13.6 Å². The maximum Gasteiger partial charge on any atom is 0.254 e. The summed E-state index contributed by atoms with van der Waals surface area (Å²) in [5, 5.41) is 6.55. The normalized spacial score (nSPS) is 10.4. The van der Waals surface area contributed by atoms with Gasteiger partial charge in [0.25, 0.3) is 5.91 Å². The molecule has 2 heterocycles. The van der Waals surface area contributed by atoms with Crippen molar-refractivity contribution in [2.24, 2.45) is 7.05 Å². The molecule has 0 saturated heterocycles. The third-order valence-corrected chi connectivity index (χ3v) is 2.56. The number of aryl methyl sites for hydroxylation is 1. The van der Waals surface area contributed by atoms with Gasteiger partial charge in [0, 0.05) is 25.4 Å². The molecule has 94 valence electrons. The topological polar surface area (TPSA) is 59.8 Å². The molecule has 1 amide bonds. The second-order valence-corrected chi connectivity index (χ2v) is 4.05. The molecule has 0 aliphatic carbocycles. The fourth-order valence-corrected chi connectivity index (χ4v) is 1.61. The lowest BCUT2D eigenvalue weighted by atomic mass is 10.2. The molecular weight excluding hydrogens is 259 g/mol. The molecule has 5 nitrogen and oxygen atoms in total. The molecule has 0 unspecified atom stereocenters. The Labute approximate surface area is 108 Å². The van der Waals surface area contributed by atoms with Crippen molar-refractivity contribution in [1.29, 1.82) is 0 Å². The predicted octanol–water partition coefficient (Wildman–Crippen LogP) is 1.54. The second kappa shape index (κ2) is 5.14. The van der Waals surface area contributed by atoms with Gasteiger partial charge in [0.1, 0.15) is 11.0 Å². The molecule has 0 radical (unpaired) electrons. The van der Waals surface area contributed by atoms with E-state index in [2.05, 4.69) is 15.4 Å². The summed E-state index contributed by atoms with van der Waals surface area (Å²) in [6.07, 6.45) is 4.36. The van der Waals surface area contributed by atoms with Crippen LogP contribution in [0.3, 0.4) is 0 Å². The van der Waals surface area contributed by atoms with Gasteiger partial charge in [0.05, 0.1) is 18.0 Å². The quantitative estimate of drug-likeness (QED) is 0.859. The number of hydrogen-bond acceptors (Lipinski definition) is 3. The van der Waals surface area contributed by atoms with Crippen LogP contribution in [0.1, 0.15) is 15.9 Å². The maximum atomic E-state index is 13.0. The molecule has 0 saturated carbocycles. The van der Waals surface area contributed by atoms with Crippen molar-refractivity contribution < 1.29 is 9.18 Å². The number of carbonyl (C=O) groups is 1. The van der Waals surface area contributed by atoms with Crippen LogP contribution < -0.4 is 5.32 Å². The van der Waals surface area contributed by atoms with Crippen molar-refractivity contribution in [3.63, 3.8) is 0 Å². The van der Waals surface area contributed by atoms with E-state index < -0.39 is 11.7 Å². The van der Waals surface area contributed by atoms with Crippen molar-refractivity contribution in [3.8, 4) is 0 Å². The Morgan fingerprint density at radius 1 is 1.56 bits per heavy atom. The van der Waals surface area contributed by atoms with Gasteiger partial charge in [0.2, 0.25) is 0 Å². The molecule has 7 heteroatoms. The highest BCUT2D eigenvalue weighted by Crippen LogP contribution is 2.13. The summed E-state index contributed by atoms with van der Waals surface area (Å²) in [7, 11) is 1.78. The number of aromatic nitrogens is 3. The highest BCUT2D eigenvalue weighted by Gasteiger charge is 2.12. The van der Waals surface area contributed by atoms with Gasteiger partial charge in [-0.2, -0.15) is 5.10 Å². The minimum Gasteiger partial charge on any atom is -0.348 e. The average Bonchev–Trinajstić information content (AvgIpc) is 2.75. The number of pyridine rings is 1. The van der Waals surface area contributed by atoms with Crippen LogP contribution in [0, 0.1) is 5.82 Å². The molecule has 0 aromatic carbocycles. The van der Waals surface area contributed by atoms with E-state index >= 15 is 0 Å². The van der Waals surface area contributed by atoms with E-state index in [1.54, 1.807) is 24.1 Å². The Hall–Kier alpha value is -1.95. The first kappa shape index (κ1) is 12.5. The molecule has 2 aromatic rings. The van der Waals surface area contributed by atoms with E-state index in [9.17, 15) is 9.18 Å². The highest BCUT2D eigenvalue weighted by atomic mass is 35.5. The fourth-order valence-electron chi connectivity index (χ4n) is 1.42. The third kappa shape index (κ3) is 2.84. The van der Waals surface area contributed by atoms with Crippen molar-refractivity contribution in [2.75, 3.05) is 0 Å². The van der Waals surface area contributed by atoms with Crippen LogP contribution in [0.25, 0.3) is 0 Å². The molecule has 0 aliphatic rings. The zero-order chi connectivity index (χ0) is 13.1. The smallest absolute Gasteiger partial charge is 0.254 e. The molecule has 2 rings (SSSR count). The zero-order valence-electron chi connectivity index (χ0n) is 9.52. The molecular formula is C11H10ClFN4O. The number of rotatable bonds is 3. The highest BCUT2D eigenvalue weighted by molar-refractivity contribution is 6.32. The summed E-state index contributed by atoms with van der Waals surface area (Å²) in [6, 6.07) is 1.05. The van der Waals surface area contributed by atoms with Gasteiger partial charge in [-0.25, -0.2) is 9.37 Å². The molecule has 0 atom stereocenters. The van der Waals surface area contributed by atoms with Gasteiger partial charge in [0.15, 0.2) is 0 Å². The molecule has 0 aliphatic heterocycles.